The molecule has 25 heavy (non-hydrogen) atoms. The fourth-order valence-corrected chi connectivity index (χ4v) is 5.38. The Kier molecular flexibility index (Phi) is 3.50. The molecule has 3 aliphatic heterocycles. The van der Waals surface area contributed by atoms with Crippen LogP contribution in [0.15, 0.2) is 52.0 Å². The van der Waals surface area contributed by atoms with Crippen LogP contribution in [0.5, 0.6) is 0 Å². The second-order valence-electron chi connectivity index (χ2n) is 7.44. The first-order chi connectivity index (χ1) is 12.1. The summed E-state index contributed by atoms with van der Waals surface area (Å²) in [7, 11) is 0. The molecule has 2 fully saturated rings. The molecule has 1 unspecified atom stereocenters. The smallest absolute Gasteiger partial charge is 0.338 e. The second-order valence-corrected chi connectivity index (χ2v) is 8.36. The number of fused-ring (bicyclic) bond motifs is 3. The van der Waals surface area contributed by atoms with Gasteiger partial charge in [-0.1, -0.05) is 46.6 Å². The zero-order valence-electron chi connectivity index (χ0n) is 13.8. The van der Waals surface area contributed by atoms with Crippen LogP contribution in [0.3, 0.4) is 0 Å². The highest BCUT2D eigenvalue weighted by Gasteiger charge is 2.62. The van der Waals surface area contributed by atoms with Crippen molar-refractivity contribution >= 4 is 21.9 Å². The van der Waals surface area contributed by atoms with Gasteiger partial charge in [-0.2, -0.15) is 0 Å². The lowest BCUT2D eigenvalue weighted by molar-refractivity contribution is -0.150. The van der Waals surface area contributed by atoms with E-state index in [2.05, 4.69) is 26.9 Å². The van der Waals surface area contributed by atoms with Gasteiger partial charge in [0.15, 0.2) is 5.60 Å². The van der Waals surface area contributed by atoms with Crippen LogP contribution < -0.4 is 0 Å². The van der Waals surface area contributed by atoms with Gasteiger partial charge in [0.25, 0.3) is 0 Å². The van der Waals surface area contributed by atoms with Crippen LogP contribution in [0.1, 0.15) is 37.4 Å². The van der Waals surface area contributed by atoms with Gasteiger partial charge in [0.1, 0.15) is 6.10 Å². The topological polar surface area (TPSA) is 49.8 Å². The van der Waals surface area contributed by atoms with Crippen LogP contribution in [0.25, 0.3) is 0 Å². The first-order valence-electron chi connectivity index (χ1n) is 8.95. The highest BCUT2D eigenvalue weighted by molar-refractivity contribution is 9.10. The molecule has 0 radical (unpaired) electrons. The van der Waals surface area contributed by atoms with Gasteiger partial charge < -0.3 is 9.84 Å². The lowest BCUT2D eigenvalue weighted by Crippen LogP contribution is -2.48. The Labute approximate surface area is 155 Å². The Balaban J connectivity index is 1.60. The summed E-state index contributed by atoms with van der Waals surface area (Å²) in [5.41, 5.74) is 1.49. The minimum absolute atomic E-state index is 0.245. The largest absolute Gasteiger partial charge is 0.449 e. The summed E-state index contributed by atoms with van der Waals surface area (Å²) >= 11 is 3.41. The Hall–Kier alpha value is -1.43. The number of carbonyl (C=O) groups excluding carboxylic acids is 1. The highest BCUT2D eigenvalue weighted by atomic mass is 79.9. The van der Waals surface area contributed by atoms with Gasteiger partial charge in [-0.05, 0) is 37.1 Å². The second kappa shape index (κ2) is 5.53. The normalized spacial score (nSPS) is 34.7. The van der Waals surface area contributed by atoms with E-state index in [0.717, 1.165) is 29.4 Å². The van der Waals surface area contributed by atoms with Gasteiger partial charge >= 0.3 is 5.97 Å². The predicted octanol–water partition coefficient (Wildman–Crippen LogP) is 3.27. The van der Waals surface area contributed by atoms with Crippen molar-refractivity contribution in [2.75, 3.05) is 6.54 Å². The molecule has 4 aliphatic rings. The summed E-state index contributed by atoms with van der Waals surface area (Å²) in [6.45, 7) is 1.07. The third kappa shape index (κ3) is 2.15. The molecule has 5 heteroatoms. The molecule has 1 spiro atoms. The van der Waals surface area contributed by atoms with E-state index in [1.807, 2.05) is 30.3 Å². The lowest BCUT2D eigenvalue weighted by Gasteiger charge is -2.37. The minimum Gasteiger partial charge on any atom is -0.449 e. The summed E-state index contributed by atoms with van der Waals surface area (Å²) in [5.74, 6) is -0.358. The van der Waals surface area contributed by atoms with Gasteiger partial charge in [0, 0.05) is 22.5 Å². The van der Waals surface area contributed by atoms with Crippen molar-refractivity contribution in [2.45, 2.75) is 49.5 Å². The molecule has 3 heterocycles. The molecule has 2 bridgehead atoms. The maximum Gasteiger partial charge on any atom is 0.338 e. The third-order valence-electron chi connectivity index (χ3n) is 6.21. The summed E-state index contributed by atoms with van der Waals surface area (Å²) in [5, 5.41) is 10.9. The number of nitrogens with zero attached hydrogens (tertiary/aromatic N) is 1. The monoisotopic (exact) mass is 401 g/mol. The molecule has 1 aromatic rings. The molecule has 1 aliphatic carbocycles. The number of aliphatic hydroxyl groups is 1. The Morgan fingerprint density at radius 3 is 2.88 bits per heavy atom. The molecule has 0 aromatic heterocycles. The summed E-state index contributed by atoms with van der Waals surface area (Å²) in [6.07, 6.45) is 7.53. The maximum absolute atomic E-state index is 12.8. The molecule has 0 amide bonds. The number of piperidine rings is 1. The number of carbonyl (C=O) groups is 1. The van der Waals surface area contributed by atoms with Crippen molar-refractivity contribution < 1.29 is 14.6 Å². The predicted molar refractivity (Wildman–Crippen MR) is 96.8 cm³/mol. The minimum atomic E-state index is -0.950. The number of rotatable bonds is 2. The number of esters is 1. The van der Waals surface area contributed by atoms with Crippen LogP contribution >= 0.6 is 15.9 Å². The number of hydrogen-bond donors (Lipinski definition) is 1. The van der Waals surface area contributed by atoms with E-state index >= 15 is 0 Å². The van der Waals surface area contributed by atoms with Crippen molar-refractivity contribution in [3.05, 3.63) is 57.6 Å². The summed E-state index contributed by atoms with van der Waals surface area (Å²) in [6, 6.07) is 8.05. The number of ether oxygens (including phenoxy) is 1. The summed E-state index contributed by atoms with van der Waals surface area (Å²) < 4.78 is 6.96. The van der Waals surface area contributed by atoms with E-state index in [1.54, 1.807) is 0 Å². The SMILES string of the molecule is O=C1O[C@@]23C[C@@H](C=CC2=C1C(O)c1ccc(Br)cc1)N1CCCC[C@H]13. The molecular weight excluding hydrogens is 382 g/mol. The van der Waals surface area contributed by atoms with Crippen molar-refractivity contribution in [3.8, 4) is 0 Å². The van der Waals surface area contributed by atoms with Crippen molar-refractivity contribution in [3.63, 3.8) is 0 Å². The number of benzene rings is 1. The van der Waals surface area contributed by atoms with Crippen LogP contribution in [0.2, 0.25) is 0 Å². The zero-order chi connectivity index (χ0) is 17.2. The molecule has 1 N–H and O–H groups in total. The van der Waals surface area contributed by atoms with Gasteiger partial charge in [0.05, 0.1) is 11.6 Å². The van der Waals surface area contributed by atoms with Gasteiger partial charge in [-0.3, -0.25) is 4.90 Å². The Morgan fingerprint density at radius 2 is 2.08 bits per heavy atom. The average molecular weight is 402 g/mol. The van der Waals surface area contributed by atoms with Crippen LogP contribution in [-0.4, -0.2) is 40.2 Å². The van der Waals surface area contributed by atoms with E-state index in [9.17, 15) is 9.90 Å². The quantitative estimate of drug-likeness (QED) is 0.772. The van der Waals surface area contributed by atoms with Gasteiger partial charge in [-0.15, -0.1) is 0 Å². The zero-order valence-corrected chi connectivity index (χ0v) is 15.4. The van der Waals surface area contributed by atoms with E-state index in [4.69, 9.17) is 4.74 Å². The van der Waals surface area contributed by atoms with Gasteiger partial charge in [0.2, 0.25) is 0 Å². The van der Waals surface area contributed by atoms with Crippen LogP contribution in [-0.2, 0) is 9.53 Å². The first kappa shape index (κ1) is 15.8. The molecule has 0 saturated carbocycles. The average Bonchev–Trinajstić information content (AvgIpc) is 3.06. The fourth-order valence-electron chi connectivity index (χ4n) is 5.12. The van der Waals surface area contributed by atoms with Gasteiger partial charge in [-0.25, -0.2) is 4.79 Å². The van der Waals surface area contributed by atoms with E-state index < -0.39 is 11.7 Å². The van der Waals surface area contributed by atoms with E-state index in [-0.39, 0.29) is 12.0 Å². The molecule has 4 atom stereocenters. The van der Waals surface area contributed by atoms with Crippen molar-refractivity contribution in [2.24, 2.45) is 0 Å². The molecular formula is C20H20BrNO3. The van der Waals surface area contributed by atoms with Crippen molar-refractivity contribution in [1.29, 1.82) is 0 Å². The molecule has 130 valence electrons. The maximum atomic E-state index is 12.8. The van der Waals surface area contributed by atoms with Crippen LogP contribution in [0.4, 0.5) is 0 Å². The number of hydrogen-bond acceptors (Lipinski definition) is 4. The van der Waals surface area contributed by atoms with E-state index in [0.29, 0.717) is 17.2 Å². The Bertz CT molecular complexity index is 800. The van der Waals surface area contributed by atoms with E-state index in [1.165, 1.54) is 12.8 Å². The standard InChI is InChI=1S/C20H20BrNO3/c21-13-6-4-12(5-7-13)18(23)17-15-9-8-14-11-20(15,25-19(17)24)16-3-1-2-10-22(14)16/h4-9,14,16,18,23H,1-3,10-11H2/t14-,16+,18?,20+/m1/s1. The molecule has 4 nitrogen and oxygen atoms in total. The third-order valence-corrected chi connectivity index (χ3v) is 6.73. The molecule has 2 saturated heterocycles. The van der Waals surface area contributed by atoms with Crippen molar-refractivity contribution in [1.82, 2.24) is 4.90 Å². The first-order valence-corrected chi connectivity index (χ1v) is 9.75. The lowest BCUT2D eigenvalue weighted by atomic mass is 9.78. The number of aliphatic hydroxyl groups excluding tert-OH is 1. The fraction of sp³-hybridized carbons (Fsp3) is 0.450. The summed E-state index contributed by atoms with van der Waals surface area (Å²) in [4.78, 5) is 15.3. The highest BCUT2D eigenvalue weighted by Crippen LogP contribution is 2.54. The Morgan fingerprint density at radius 1 is 1.28 bits per heavy atom. The molecule has 5 rings (SSSR count). The van der Waals surface area contributed by atoms with Crippen LogP contribution in [0, 0.1) is 0 Å². The molecule has 1 aromatic carbocycles. The number of halogens is 1.